The fourth-order valence-electron chi connectivity index (χ4n) is 1.61. The molecule has 1 aliphatic heterocycles. The number of hydrogen-bond acceptors (Lipinski definition) is 1. The van der Waals surface area contributed by atoms with Gasteiger partial charge in [-0.3, -0.25) is 0 Å². The zero-order valence-electron chi connectivity index (χ0n) is 9.74. The van der Waals surface area contributed by atoms with Crippen LogP contribution in [0.3, 0.4) is 0 Å². The number of nitrogens with zero attached hydrogens (tertiary/aromatic N) is 1. The number of halogens is 1. The Morgan fingerprint density at radius 2 is 1.88 bits per heavy atom. The van der Waals surface area contributed by atoms with Gasteiger partial charge in [0.2, 0.25) is 0 Å². The van der Waals surface area contributed by atoms with Gasteiger partial charge in [-0.05, 0) is 38.5 Å². The molecule has 0 bridgehead atoms. The number of benzene rings is 1. The number of hydrogen-bond donors (Lipinski definition) is 0. The molecule has 88 valence electrons. The van der Waals surface area contributed by atoms with E-state index in [1.165, 1.54) is 5.56 Å². The molecule has 4 heteroatoms. The summed E-state index contributed by atoms with van der Waals surface area (Å²) in [5.41, 5.74) is 1.25. The Balaban J connectivity index is 2.07. The van der Waals surface area contributed by atoms with E-state index in [0.29, 0.717) is 6.04 Å². The lowest BCUT2D eigenvalue weighted by Gasteiger charge is -2.18. The molecule has 0 aromatic heterocycles. The topological polar surface area (TPSA) is 20.1 Å². The molecule has 0 saturated carbocycles. The Bertz CT molecular complexity index is 410. The molecule has 2 rings (SSSR count). The third kappa shape index (κ3) is 2.55. The lowest BCUT2D eigenvalue weighted by Crippen LogP contribution is -2.27. The van der Waals surface area contributed by atoms with E-state index in [9.17, 15) is 4.21 Å². The molecule has 16 heavy (non-hydrogen) atoms. The molecule has 0 radical (unpaired) electrons. The standard InChI is InChI=1S/C12H16BrNOS/c1-12(2,3)16(15)14-8-11(14)9-4-6-10(13)7-5-9/h4-7,11H,8H2,1-3H3/t11-,14?,16-/m1/s1. The van der Waals surface area contributed by atoms with Crippen molar-refractivity contribution in [3.05, 3.63) is 34.3 Å². The summed E-state index contributed by atoms with van der Waals surface area (Å²) in [5.74, 6) is 0. The maximum atomic E-state index is 12.1. The van der Waals surface area contributed by atoms with E-state index in [-0.39, 0.29) is 4.75 Å². The summed E-state index contributed by atoms with van der Waals surface area (Å²) in [4.78, 5) is 0. The Morgan fingerprint density at radius 1 is 1.31 bits per heavy atom. The average molecular weight is 302 g/mol. The van der Waals surface area contributed by atoms with Gasteiger partial charge in [-0.1, -0.05) is 28.1 Å². The molecule has 1 unspecified atom stereocenters. The van der Waals surface area contributed by atoms with Gasteiger partial charge in [-0.15, -0.1) is 0 Å². The first-order valence-electron chi connectivity index (χ1n) is 5.34. The van der Waals surface area contributed by atoms with Crippen molar-refractivity contribution in [2.45, 2.75) is 31.6 Å². The molecule has 2 nitrogen and oxygen atoms in total. The first-order valence-corrected chi connectivity index (χ1v) is 7.23. The van der Waals surface area contributed by atoms with Crippen LogP contribution in [0.4, 0.5) is 0 Å². The minimum Gasteiger partial charge on any atom is -0.242 e. The van der Waals surface area contributed by atoms with E-state index in [1.807, 2.05) is 37.2 Å². The zero-order chi connectivity index (χ0) is 11.9. The lowest BCUT2D eigenvalue weighted by atomic mass is 10.2. The average Bonchev–Trinajstić information content (AvgIpc) is 2.96. The maximum Gasteiger partial charge on any atom is 0.100 e. The molecule has 1 aromatic carbocycles. The van der Waals surface area contributed by atoms with Crippen molar-refractivity contribution >= 4 is 26.9 Å². The molecule has 1 aromatic rings. The minimum absolute atomic E-state index is 0.163. The second-order valence-corrected chi connectivity index (χ2v) is 8.14. The van der Waals surface area contributed by atoms with Crippen molar-refractivity contribution in [2.75, 3.05) is 6.54 Å². The van der Waals surface area contributed by atoms with Crippen LogP contribution in [0.2, 0.25) is 0 Å². The van der Waals surface area contributed by atoms with E-state index in [1.54, 1.807) is 0 Å². The van der Waals surface area contributed by atoms with Gasteiger partial charge in [-0.2, -0.15) is 0 Å². The van der Waals surface area contributed by atoms with Gasteiger partial charge in [0, 0.05) is 11.0 Å². The smallest absolute Gasteiger partial charge is 0.100 e. The third-order valence-corrected chi connectivity index (χ3v) is 4.96. The fraction of sp³-hybridized carbons (Fsp3) is 0.500. The summed E-state index contributed by atoms with van der Waals surface area (Å²) in [6.45, 7) is 6.95. The summed E-state index contributed by atoms with van der Waals surface area (Å²) in [7, 11) is -0.892. The summed E-state index contributed by atoms with van der Waals surface area (Å²) >= 11 is 3.42. The molecule has 1 heterocycles. The Morgan fingerprint density at radius 3 is 2.38 bits per heavy atom. The van der Waals surface area contributed by atoms with Crippen molar-refractivity contribution in [3.8, 4) is 0 Å². The second-order valence-electron chi connectivity index (χ2n) is 5.03. The zero-order valence-corrected chi connectivity index (χ0v) is 12.1. The monoisotopic (exact) mass is 301 g/mol. The van der Waals surface area contributed by atoms with Crippen LogP contribution in [0, 0.1) is 0 Å². The van der Waals surface area contributed by atoms with Gasteiger partial charge in [0.15, 0.2) is 0 Å². The normalized spacial score (nSPS) is 26.5. The molecule has 1 aliphatic rings. The van der Waals surface area contributed by atoms with Crippen LogP contribution in [0.15, 0.2) is 28.7 Å². The first kappa shape index (κ1) is 12.3. The highest BCUT2D eigenvalue weighted by Crippen LogP contribution is 2.39. The van der Waals surface area contributed by atoms with Crippen molar-refractivity contribution in [1.29, 1.82) is 0 Å². The Hall–Kier alpha value is -0.190. The van der Waals surface area contributed by atoms with Gasteiger partial charge in [0.1, 0.15) is 11.0 Å². The van der Waals surface area contributed by atoms with Gasteiger partial charge < -0.3 is 0 Å². The van der Waals surface area contributed by atoms with Crippen molar-refractivity contribution < 1.29 is 4.21 Å². The highest BCUT2D eigenvalue weighted by Gasteiger charge is 2.43. The summed E-state index contributed by atoms with van der Waals surface area (Å²) in [5, 5.41) is 0. The predicted molar refractivity (Wildman–Crippen MR) is 71.5 cm³/mol. The van der Waals surface area contributed by atoms with E-state index in [4.69, 9.17) is 0 Å². The van der Waals surface area contributed by atoms with Crippen LogP contribution >= 0.6 is 15.9 Å². The predicted octanol–water partition coefficient (Wildman–Crippen LogP) is 3.27. The van der Waals surface area contributed by atoms with Crippen LogP contribution in [-0.2, 0) is 11.0 Å². The van der Waals surface area contributed by atoms with Gasteiger partial charge >= 0.3 is 0 Å². The molecule has 3 atom stereocenters. The van der Waals surface area contributed by atoms with Crippen LogP contribution in [0.5, 0.6) is 0 Å². The molecule has 0 aliphatic carbocycles. The molecular weight excluding hydrogens is 286 g/mol. The van der Waals surface area contributed by atoms with Crippen molar-refractivity contribution in [1.82, 2.24) is 4.31 Å². The second kappa shape index (κ2) is 4.24. The fourth-order valence-corrected chi connectivity index (χ4v) is 3.21. The van der Waals surface area contributed by atoms with Gasteiger partial charge in [0.25, 0.3) is 0 Å². The molecule has 1 saturated heterocycles. The molecule has 0 spiro atoms. The first-order chi connectivity index (χ1) is 7.39. The quantitative estimate of drug-likeness (QED) is 0.768. The van der Waals surface area contributed by atoms with Crippen LogP contribution in [0.1, 0.15) is 32.4 Å². The number of rotatable bonds is 2. The van der Waals surface area contributed by atoms with E-state index in [0.717, 1.165) is 11.0 Å². The van der Waals surface area contributed by atoms with E-state index >= 15 is 0 Å². The largest absolute Gasteiger partial charge is 0.242 e. The molecule has 1 fully saturated rings. The van der Waals surface area contributed by atoms with Gasteiger partial charge in [-0.25, -0.2) is 8.51 Å². The van der Waals surface area contributed by atoms with E-state index in [2.05, 4.69) is 28.1 Å². The Kier molecular flexibility index (Phi) is 3.25. The van der Waals surface area contributed by atoms with Crippen molar-refractivity contribution in [2.24, 2.45) is 0 Å². The Labute approximate surface area is 108 Å². The SMILES string of the molecule is CC(C)(C)[S@@](=O)N1C[C@@H]1c1ccc(Br)cc1. The van der Waals surface area contributed by atoms with E-state index < -0.39 is 11.0 Å². The minimum atomic E-state index is -0.892. The summed E-state index contributed by atoms with van der Waals surface area (Å²) in [6, 6.07) is 8.59. The van der Waals surface area contributed by atoms with Gasteiger partial charge in [0.05, 0.1) is 10.8 Å². The summed E-state index contributed by atoms with van der Waals surface area (Å²) < 4.78 is 15.1. The van der Waals surface area contributed by atoms with Crippen LogP contribution in [-0.4, -0.2) is 19.8 Å². The molecule has 0 N–H and O–H groups in total. The van der Waals surface area contributed by atoms with Crippen molar-refractivity contribution in [3.63, 3.8) is 0 Å². The van der Waals surface area contributed by atoms with Crippen LogP contribution in [0.25, 0.3) is 0 Å². The van der Waals surface area contributed by atoms with Crippen LogP contribution < -0.4 is 0 Å². The lowest BCUT2D eigenvalue weighted by molar-refractivity contribution is 0.607. The maximum absolute atomic E-state index is 12.1. The molecular formula is C12H16BrNOS. The highest BCUT2D eigenvalue weighted by atomic mass is 79.9. The third-order valence-electron chi connectivity index (χ3n) is 2.56. The summed E-state index contributed by atoms with van der Waals surface area (Å²) in [6.07, 6.45) is 0. The molecule has 0 amide bonds. The highest BCUT2D eigenvalue weighted by molar-refractivity contribution is 9.10.